The van der Waals surface area contributed by atoms with Gasteiger partial charge in [-0.25, -0.2) is 4.98 Å². The quantitative estimate of drug-likeness (QED) is 0.632. The summed E-state index contributed by atoms with van der Waals surface area (Å²) in [5.41, 5.74) is 8.07. The Morgan fingerprint density at radius 1 is 1.42 bits per heavy atom. The van der Waals surface area contributed by atoms with Gasteiger partial charge in [-0.05, 0) is 31.4 Å². The maximum atomic E-state index is 13.5. The number of nitrogens with one attached hydrogen (secondary N) is 1. The molecular formula is C22H24N6O2S. The zero-order valence-corrected chi connectivity index (χ0v) is 18.1. The van der Waals surface area contributed by atoms with Gasteiger partial charge in [-0.15, -0.1) is 11.3 Å². The summed E-state index contributed by atoms with van der Waals surface area (Å²) in [4.78, 5) is 32.9. The number of rotatable bonds is 5. The maximum Gasteiger partial charge on any atom is 0.273 e. The number of piperidine rings is 1. The maximum absolute atomic E-state index is 13.5. The second kappa shape index (κ2) is 8.88. The SMILES string of the molecule is CCNC(=O)c1csc2c(=O)n(Cc3ccccc3C#N)c(N3CCC[C@@H](N)C3)nc12. The number of hydrogen-bond donors (Lipinski definition) is 2. The van der Waals surface area contributed by atoms with E-state index in [4.69, 9.17) is 10.7 Å². The molecule has 0 saturated carbocycles. The van der Waals surface area contributed by atoms with Crippen molar-refractivity contribution < 1.29 is 4.79 Å². The third kappa shape index (κ3) is 4.04. The van der Waals surface area contributed by atoms with E-state index in [1.165, 1.54) is 11.3 Å². The zero-order chi connectivity index (χ0) is 22.0. The van der Waals surface area contributed by atoms with Crippen LogP contribution in [0.1, 0.15) is 41.3 Å². The van der Waals surface area contributed by atoms with Crippen molar-refractivity contribution in [2.45, 2.75) is 32.4 Å². The predicted octanol–water partition coefficient (Wildman–Crippen LogP) is 2.06. The molecule has 0 aliphatic carbocycles. The van der Waals surface area contributed by atoms with Crippen molar-refractivity contribution in [3.8, 4) is 6.07 Å². The second-order valence-electron chi connectivity index (χ2n) is 7.61. The highest BCUT2D eigenvalue weighted by molar-refractivity contribution is 7.17. The number of carbonyl (C=O) groups is 1. The fourth-order valence-electron chi connectivity index (χ4n) is 3.92. The van der Waals surface area contributed by atoms with Gasteiger partial charge < -0.3 is 16.0 Å². The van der Waals surface area contributed by atoms with Gasteiger partial charge in [-0.1, -0.05) is 18.2 Å². The summed E-state index contributed by atoms with van der Waals surface area (Å²) in [6, 6.07) is 9.41. The molecule has 1 saturated heterocycles. The Morgan fingerprint density at radius 2 is 2.23 bits per heavy atom. The number of amides is 1. The van der Waals surface area contributed by atoms with Crippen LogP contribution < -0.4 is 21.5 Å². The van der Waals surface area contributed by atoms with Gasteiger partial charge in [0.2, 0.25) is 5.95 Å². The summed E-state index contributed by atoms with van der Waals surface area (Å²) < 4.78 is 2.04. The third-order valence-corrected chi connectivity index (χ3v) is 6.40. The number of anilines is 1. The first-order valence-electron chi connectivity index (χ1n) is 10.3. The number of benzene rings is 1. The molecule has 160 valence electrons. The molecule has 31 heavy (non-hydrogen) atoms. The van der Waals surface area contributed by atoms with E-state index in [1.54, 1.807) is 22.1 Å². The van der Waals surface area contributed by atoms with Crippen molar-refractivity contribution in [3.05, 3.63) is 56.7 Å². The molecule has 4 rings (SSSR count). The van der Waals surface area contributed by atoms with E-state index in [0.29, 0.717) is 40.4 Å². The molecule has 1 atom stereocenters. The Balaban J connectivity index is 1.90. The number of nitrogens with two attached hydrogens (primary N) is 1. The Hall–Kier alpha value is -3.22. The molecule has 1 aliphatic rings. The number of fused-ring (bicyclic) bond motifs is 1. The monoisotopic (exact) mass is 436 g/mol. The molecule has 3 N–H and O–H groups in total. The van der Waals surface area contributed by atoms with Gasteiger partial charge >= 0.3 is 0 Å². The average molecular weight is 437 g/mol. The molecule has 8 nitrogen and oxygen atoms in total. The summed E-state index contributed by atoms with van der Waals surface area (Å²) in [6.45, 7) is 3.87. The predicted molar refractivity (Wildman–Crippen MR) is 122 cm³/mol. The second-order valence-corrected chi connectivity index (χ2v) is 8.49. The highest BCUT2D eigenvalue weighted by Gasteiger charge is 2.25. The topological polar surface area (TPSA) is 117 Å². The number of nitriles is 1. The van der Waals surface area contributed by atoms with Gasteiger partial charge in [0.15, 0.2) is 0 Å². The molecule has 0 unspecified atom stereocenters. The normalized spacial score (nSPS) is 16.3. The van der Waals surface area contributed by atoms with E-state index in [-0.39, 0.29) is 24.1 Å². The van der Waals surface area contributed by atoms with Crippen LogP contribution in [-0.4, -0.2) is 41.1 Å². The van der Waals surface area contributed by atoms with Crippen molar-refractivity contribution >= 4 is 33.4 Å². The van der Waals surface area contributed by atoms with Crippen LogP contribution in [0.4, 0.5) is 5.95 Å². The Kier molecular flexibility index (Phi) is 6.02. The molecule has 3 aromatic rings. The van der Waals surface area contributed by atoms with E-state index in [0.717, 1.165) is 24.9 Å². The summed E-state index contributed by atoms with van der Waals surface area (Å²) in [5.74, 6) is 0.249. The third-order valence-electron chi connectivity index (χ3n) is 5.45. The highest BCUT2D eigenvalue weighted by atomic mass is 32.1. The average Bonchev–Trinajstić information content (AvgIpc) is 3.20. The first-order chi connectivity index (χ1) is 15.0. The lowest BCUT2D eigenvalue weighted by Crippen LogP contribution is -2.45. The Morgan fingerprint density at radius 3 is 2.97 bits per heavy atom. The van der Waals surface area contributed by atoms with Crippen molar-refractivity contribution in [2.75, 3.05) is 24.5 Å². The van der Waals surface area contributed by atoms with E-state index in [1.807, 2.05) is 24.0 Å². The minimum absolute atomic E-state index is 0.00784. The molecule has 1 aliphatic heterocycles. The number of thiophene rings is 1. The highest BCUT2D eigenvalue weighted by Crippen LogP contribution is 2.26. The van der Waals surface area contributed by atoms with Gasteiger partial charge in [0.05, 0.1) is 23.7 Å². The van der Waals surface area contributed by atoms with Gasteiger partial charge in [0, 0.05) is 31.1 Å². The molecule has 1 aromatic carbocycles. The molecule has 1 fully saturated rings. The Bertz CT molecular complexity index is 1220. The Labute approximate surface area is 183 Å². The van der Waals surface area contributed by atoms with Crippen molar-refractivity contribution in [3.63, 3.8) is 0 Å². The van der Waals surface area contributed by atoms with Crippen LogP contribution in [0.25, 0.3) is 10.2 Å². The van der Waals surface area contributed by atoms with Crippen LogP contribution in [0.2, 0.25) is 0 Å². The first-order valence-corrected chi connectivity index (χ1v) is 11.2. The minimum Gasteiger partial charge on any atom is -0.352 e. The number of hydrogen-bond acceptors (Lipinski definition) is 7. The van der Waals surface area contributed by atoms with Gasteiger partial charge in [-0.3, -0.25) is 14.2 Å². The molecule has 1 amide bonds. The lowest BCUT2D eigenvalue weighted by Gasteiger charge is -2.33. The molecule has 0 spiro atoms. The summed E-state index contributed by atoms with van der Waals surface area (Å²) in [6.07, 6.45) is 1.82. The lowest BCUT2D eigenvalue weighted by molar-refractivity contribution is 0.0957. The van der Waals surface area contributed by atoms with Gasteiger partial charge in [0.1, 0.15) is 10.2 Å². The fourth-order valence-corrected chi connectivity index (χ4v) is 4.85. The number of carbonyl (C=O) groups excluding carboxylic acids is 1. The van der Waals surface area contributed by atoms with E-state index in [9.17, 15) is 14.9 Å². The molecule has 9 heteroatoms. The summed E-state index contributed by atoms with van der Waals surface area (Å²) in [7, 11) is 0. The van der Waals surface area contributed by atoms with Crippen molar-refractivity contribution in [1.82, 2.24) is 14.9 Å². The van der Waals surface area contributed by atoms with E-state index >= 15 is 0 Å². The molecule has 2 aromatic heterocycles. The number of aromatic nitrogens is 2. The number of nitrogens with zero attached hydrogens (tertiary/aromatic N) is 4. The van der Waals surface area contributed by atoms with Crippen LogP contribution in [-0.2, 0) is 6.54 Å². The fraction of sp³-hybridized carbons (Fsp3) is 0.364. The van der Waals surface area contributed by atoms with Crippen molar-refractivity contribution in [2.24, 2.45) is 5.73 Å². The zero-order valence-electron chi connectivity index (χ0n) is 17.3. The molecular weight excluding hydrogens is 412 g/mol. The van der Waals surface area contributed by atoms with E-state index in [2.05, 4.69) is 11.4 Å². The largest absolute Gasteiger partial charge is 0.352 e. The van der Waals surface area contributed by atoms with Gasteiger partial charge in [0.25, 0.3) is 11.5 Å². The van der Waals surface area contributed by atoms with E-state index < -0.39 is 0 Å². The van der Waals surface area contributed by atoms with Crippen LogP contribution in [0.3, 0.4) is 0 Å². The van der Waals surface area contributed by atoms with Crippen LogP contribution in [0.15, 0.2) is 34.4 Å². The minimum atomic E-state index is -0.241. The standard InChI is InChI=1S/C22H24N6O2S/c1-2-25-20(29)17-13-31-19-18(17)26-22(27-9-5-8-16(24)12-27)28(21(19)30)11-15-7-4-3-6-14(15)10-23/h3-4,6-7,13,16H,2,5,8-9,11-12,24H2,1H3,(H,25,29)/t16-/m1/s1. The molecule has 0 bridgehead atoms. The summed E-state index contributed by atoms with van der Waals surface area (Å²) >= 11 is 1.22. The molecule has 0 radical (unpaired) electrons. The van der Waals surface area contributed by atoms with Gasteiger partial charge in [-0.2, -0.15) is 5.26 Å². The van der Waals surface area contributed by atoms with Crippen LogP contribution in [0.5, 0.6) is 0 Å². The molecule has 3 heterocycles. The lowest BCUT2D eigenvalue weighted by atomic mass is 10.1. The summed E-state index contributed by atoms with van der Waals surface area (Å²) in [5, 5.41) is 14.0. The first kappa shape index (κ1) is 21.0. The van der Waals surface area contributed by atoms with Crippen LogP contribution >= 0.6 is 11.3 Å². The van der Waals surface area contributed by atoms with Crippen molar-refractivity contribution in [1.29, 1.82) is 5.26 Å². The smallest absolute Gasteiger partial charge is 0.273 e. The van der Waals surface area contributed by atoms with Crippen LogP contribution in [0, 0.1) is 11.3 Å².